The van der Waals surface area contributed by atoms with E-state index in [-0.39, 0.29) is 17.9 Å². The predicted molar refractivity (Wildman–Crippen MR) is 80.3 cm³/mol. The van der Waals surface area contributed by atoms with Crippen LogP contribution >= 0.6 is 0 Å². The Morgan fingerprint density at radius 2 is 1.75 bits per heavy atom. The van der Waals surface area contributed by atoms with Gasteiger partial charge < -0.3 is 5.32 Å². The average Bonchev–Trinajstić information content (AvgIpc) is 3.30. The van der Waals surface area contributed by atoms with Gasteiger partial charge in [0, 0.05) is 5.92 Å². The Kier molecular flexibility index (Phi) is 3.55. The first-order chi connectivity index (χ1) is 9.74. The Labute approximate surface area is 119 Å². The third-order valence-electron chi connectivity index (χ3n) is 3.74. The third kappa shape index (κ3) is 2.90. The van der Waals surface area contributed by atoms with Gasteiger partial charge >= 0.3 is 0 Å². The highest BCUT2D eigenvalue weighted by atomic mass is 16.2. The van der Waals surface area contributed by atoms with Crippen LogP contribution in [0.2, 0.25) is 0 Å². The molecule has 0 spiro atoms. The second-order valence-corrected chi connectivity index (χ2v) is 5.54. The van der Waals surface area contributed by atoms with Crippen molar-refractivity contribution >= 4 is 5.91 Å². The zero-order valence-corrected chi connectivity index (χ0v) is 11.7. The van der Waals surface area contributed by atoms with Crippen LogP contribution < -0.4 is 5.32 Å². The third-order valence-corrected chi connectivity index (χ3v) is 3.74. The molecule has 0 bridgehead atoms. The summed E-state index contributed by atoms with van der Waals surface area (Å²) in [5.74, 6) is 0.409. The highest BCUT2D eigenvalue weighted by molar-refractivity contribution is 5.81. The Balaban J connectivity index is 1.92. The summed E-state index contributed by atoms with van der Waals surface area (Å²) in [6.07, 6.45) is 2.06. The molecule has 1 saturated carbocycles. The van der Waals surface area contributed by atoms with E-state index >= 15 is 0 Å². The molecule has 1 aliphatic carbocycles. The maximum Gasteiger partial charge on any atom is 0.223 e. The molecule has 0 aliphatic heterocycles. The number of benzene rings is 2. The first-order valence-electron chi connectivity index (χ1n) is 7.16. The van der Waals surface area contributed by atoms with E-state index in [4.69, 9.17) is 0 Å². The van der Waals surface area contributed by atoms with Crippen LogP contribution in [0.4, 0.5) is 0 Å². The molecular weight excluding hydrogens is 246 g/mol. The molecule has 2 aromatic carbocycles. The van der Waals surface area contributed by atoms with E-state index in [1.807, 2.05) is 24.3 Å². The molecule has 0 heterocycles. The van der Waals surface area contributed by atoms with Crippen LogP contribution in [0.3, 0.4) is 0 Å². The van der Waals surface area contributed by atoms with Gasteiger partial charge in [0.05, 0.1) is 6.04 Å². The normalized spacial score (nSPS) is 15.7. The van der Waals surface area contributed by atoms with Crippen LogP contribution in [0.1, 0.15) is 35.6 Å². The lowest BCUT2D eigenvalue weighted by Crippen LogP contribution is -2.30. The van der Waals surface area contributed by atoms with E-state index < -0.39 is 0 Å². The molecule has 0 unspecified atom stereocenters. The van der Waals surface area contributed by atoms with Crippen molar-refractivity contribution < 1.29 is 4.79 Å². The maximum absolute atomic E-state index is 12.1. The molecular formula is C18H19NO. The number of hydrogen-bond donors (Lipinski definition) is 1. The number of nitrogens with one attached hydrogen (secondary N) is 1. The predicted octanol–water partition coefficient (Wildman–Crippen LogP) is 3.61. The topological polar surface area (TPSA) is 29.1 Å². The molecule has 2 aromatic rings. The quantitative estimate of drug-likeness (QED) is 0.899. The average molecular weight is 265 g/mol. The van der Waals surface area contributed by atoms with Gasteiger partial charge in [-0.3, -0.25) is 4.79 Å². The summed E-state index contributed by atoms with van der Waals surface area (Å²) in [4.78, 5) is 12.1. The van der Waals surface area contributed by atoms with Crippen LogP contribution in [0.5, 0.6) is 0 Å². The largest absolute Gasteiger partial charge is 0.345 e. The Morgan fingerprint density at radius 1 is 1.05 bits per heavy atom. The molecule has 0 aromatic heterocycles. The number of carbonyl (C=O) groups is 1. The van der Waals surface area contributed by atoms with E-state index in [1.54, 1.807) is 0 Å². The molecule has 2 heteroatoms. The van der Waals surface area contributed by atoms with E-state index in [0.29, 0.717) is 0 Å². The summed E-state index contributed by atoms with van der Waals surface area (Å²) in [6, 6.07) is 18.5. The minimum absolute atomic E-state index is 0.0517. The first-order valence-corrected chi connectivity index (χ1v) is 7.16. The lowest BCUT2D eigenvalue weighted by atomic mass is 9.97. The summed E-state index contributed by atoms with van der Waals surface area (Å²) in [6.45, 7) is 2.08. The smallest absolute Gasteiger partial charge is 0.223 e. The number of rotatable bonds is 4. The standard InChI is InChI=1S/C18H19NO/c1-13-6-5-9-16(12-13)17(14-7-3-2-4-8-14)19-18(20)15-10-11-15/h2-9,12,15,17H,10-11H2,1H3,(H,19,20)/t17-/m0/s1. The van der Waals surface area contributed by atoms with Crippen molar-refractivity contribution in [2.45, 2.75) is 25.8 Å². The summed E-state index contributed by atoms with van der Waals surface area (Å²) >= 11 is 0. The fourth-order valence-electron chi connectivity index (χ4n) is 2.46. The van der Waals surface area contributed by atoms with Crippen molar-refractivity contribution in [3.63, 3.8) is 0 Å². The van der Waals surface area contributed by atoms with Crippen LogP contribution in [0, 0.1) is 12.8 Å². The van der Waals surface area contributed by atoms with Gasteiger partial charge in [-0.15, -0.1) is 0 Å². The highest BCUT2D eigenvalue weighted by Crippen LogP contribution is 2.31. The van der Waals surface area contributed by atoms with Crippen LogP contribution in [-0.2, 0) is 4.79 Å². The molecule has 2 nitrogen and oxygen atoms in total. The molecule has 1 amide bonds. The molecule has 1 N–H and O–H groups in total. The second kappa shape index (κ2) is 5.49. The lowest BCUT2D eigenvalue weighted by Gasteiger charge is -2.20. The SMILES string of the molecule is Cc1cccc([C@@H](NC(=O)C2CC2)c2ccccc2)c1. The number of hydrogen-bond acceptors (Lipinski definition) is 1. The molecule has 3 rings (SSSR count). The Bertz CT molecular complexity index is 602. The molecule has 102 valence electrons. The summed E-state index contributed by atoms with van der Waals surface area (Å²) < 4.78 is 0. The first kappa shape index (κ1) is 12.9. The maximum atomic E-state index is 12.1. The van der Waals surface area contributed by atoms with Crippen molar-refractivity contribution in [3.05, 3.63) is 71.3 Å². The fourth-order valence-corrected chi connectivity index (χ4v) is 2.46. The highest BCUT2D eigenvalue weighted by Gasteiger charge is 2.31. The van der Waals surface area contributed by atoms with Crippen LogP contribution in [-0.4, -0.2) is 5.91 Å². The number of aryl methyl sites for hydroxylation is 1. The van der Waals surface area contributed by atoms with E-state index in [9.17, 15) is 4.79 Å². The molecule has 1 atom stereocenters. The Morgan fingerprint density at radius 3 is 2.40 bits per heavy atom. The van der Waals surface area contributed by atoms with Gasteiger partial charge in [-0.05, 0) is 30.9 Å². The van der Waals surface area contributed by atoms with Gasteiger partial charge in [-0.1, -0.05) is 60.2 Å². The van der Waals surface area contributed by atoms with E-state index in [1.165, 1.54) is 5.56 Å². The van der Waals surface area contributed by atoms with Crippen molar-refractivity contribution in [2.75, 3.05) is 0 Å². The number of amides is 1. The lowest BCUT2D eigenvalue weighted by molar-refractivity contribution is -0.122. The van der Waals surface area contributed by atoms with Gasteiger partial charge in [0.1, 0.15) is 0 Å². The number of carbonyl (C=O) groups excluding carboxylic acids is 1. The van der Waals surface area contributed by atoms with Gasteiger partial charge in [0.15, 0.2) is 0 Å². The molecule has 1 fully saturated rings. The molecule has 1 aliphatic rings. The summed E-state index contributed by atoms with van der Waals surface area (Å²) in [5.41, 5.74) is 3.49. The van der Waals surface area contributed by atoms with Gasteiger partial charge in [-0.25, -0.2) is 0 Å². The molecule has 20 heavy (non-hydrogen) atoms. The Hall–Kier alpha value is -2.09. The van der Waals surface area contributed by atoms with Gasteiger partial charge in [0.25, 0.3) is 0 Å². The minimum Gasteiger partial charge on any atom is -0.345 e. The van der Waals surface area contributed by atoms with Crippen LogP contribution in [0.25, 0.3) is 0 Å². The van der Waals surface area contributed by atoms with Crippen molar-refractivity contribution in [2.24, 2.45) is 5.92 Å². The minimum atomic E-state index is -0.0517. The van der Waals surface area contributed by atoms with Gasteiger partial charge in [-0.2, -0.15) is 0 Å². The zero-order valence-electron chi connectivity index (χ0n) is 11.7. The van der Waals surface area contributed by atoms with Crippen molar-refractivity contribution in [1.82, 2.24) is 5.32 Å². The van der Waals surface area contributed by atoms with Gasteiger partial charge in [0.2, 0.25) is 5.91 Å². The summed E-state index contributed by atoms with van der Waals surface area (Å²) in [5, 5.41) is 3.20. The van der Waals surface area contributed by atoms with E-state index in [0.717, 1.165) is 24.0 Å². The van der Waals surface area contributed by atoms with E-state index in [2.05, 4.69) is 42.6 Å². The zero-order chi connectivity index (χ0) is 13.9. The fraction of sp³-hybridized carbons (Fsp3) is 0.278. The molecule has 0 saturated heterocycles. The van der Waals surface area contributed by atoms with Crippen molar-refractivity contribution in [3.8, 4) is 0 Å². The van der Waals surface area contributed by atoms with Crippen LogP contribution in [0.15, 0.2) is 54.6 Å². The molecule has 0 radical (unpaired) electrons. The van der Waals surface area contributed by atoms with Crippen molar-refractivity contribution in [1.29, 1.82) is 0 Å². The second-order valence-electron chi connectivity index (χ2n) is 5.54. The monoisotopic (exact) mass is 265 g/mol. The summed E-state index contributed by atoms with van der Waals surface area (Å²) in [7, 11) is 0.